The van der Waals surface area contributed by atoms with Crippen molar-refractivity contribution in [3.05, 3.63) is 64.7 Å². The van der Waals surface area contributed by atoms with Gasteiger partial charge in [-0.1, -0.05) is 6.07 Å². The zero-order valence-corrected chi connectivity index (χ0v) is 27.0. The number of hydrogen-bond acceptors (Lipinski definition) is 12. The molecule has 1 aromatic heterocycles. The maximum Gasteiger partial charge on any atom is 1.00 e. The van der Waals surface area contributed by atoms with E-state index in [1.165, 1.54) is 54.8 Å². The molecule has 13 heteroatoms. The average molecular weight is 603 g/mol. The summed E-state index contributed by atoms with van der Waals surface area (Å²) in [7, 11) is 8.67. The van der Waals surface area contributed by atoms with Gasteiger partial charge in [-0.15, -0.1) is 0 Å². The van der Waals surface area contributed by atoms with Crippen LogP contribution in [0.25, 0.3) is 16.6 Å². The van der Waals surface area contributed by atoms with Crippen molar-refractivity contribution in [2.24, 2.45) is 0 Å². The largest absolute Gasteiger partial charge is 1.00 e. The monoisotopic (exact) mass is 602 g/mol. The van der Waals surface area contributed by atoms with Crippen molar-refractivity contribution >= 4 is 40.1 Å². The van der Waals surface area contributed by atoms with Gasteiger partial charge in [-0.2, -0.15) is 8.75 Å². The Balaban J connectivity index is 0.00000484. The molecule has 0 radical (unpaired) electrons. The van der Waals surface area contributed by atoms with Gasteiger partial charge in [0.15, 0.2) is 28.8 Å². The molecule has 4 aromatic rings. The number of carbonyl (C=O) groups is 2. The van der Waals surface area contributed by atoms with Crippen LogP contribution in [0.5, 0.6) is 34.5 Å². The second kappa shape index (κ2) is 14.4. The fourth-order valence-electron chi connectivity index (χ4n) is 4.46. The summed E-state index contributed by atoms with van der Waals surface area (Å²) in [6.07, 6.45) is -0.136. The van der Waals surface area contributed by atoms with E-state index in [0.717, 1.165) is 11.7 Å². The van der Waals surface area contributed by atoms with Gasteiger partial charge in [0.2, 0.25) is 11.5 Å². The molecular weight excluding hydrogens is 575 g/mol. The molecule has 0 bridgehead atoms. The Kier molecular flexibility index (Phi) is 11.2. The van der Waals surface area contributed by atoms with Gasteiger partial charge in [-0.05, 0) is 47.5 Å². The summed E-state index contributed by atoms with van der Waals surface area (Å²) in [6.45, 7) is 0. The molecule has 0 saturated heterocycles. The summed E-state index contributed by atoms with van der Waals surface area (Å²) in [5, 5.41) is 12.7. The van der Waals surface area contributed by atoms with Crippen molar-refractivity contribution in [1.82, 2.24) is 8.75 Å². The number of allylic oxidation sites excluding steroid dienone is 1. The number of aromatic nitrogens is 2. The zero-order chi connectivity index (χ0) is 29.7. The second-order valence-electron chi connectivity index (χ2n) is 8.56. The number of Topliss-reactive ketones (excluding diaryl/α,β-unsaturated/α-hetero) is 1. The molecule has 0 aliphatic rings. The number of benzene rings is 3. The zero-order valence-electron chi connectivity index (χ0n) is 24.2. The first-order chi connectivity index (χ1) is 19.8. The van der Waals surface area contributed by atoms with Crippen LogP contribution in [0.1, 0.15) is 21.5 Å². The van der Waals surface area contributed by atoms with Crippen LogP contribution < -0.4 is 63.1 Å². The van der Waals surface area contributed by atoms with E-state index in [2.05, 4.69) is 8.75 Å². The maximum atomic E-state index is 14.2. The minimum atomic E-state index is -1.55. The van der Waals surface area contributed by atoms with Gasteiger partial charge in [-0.3, -0.25) is 4.79 Å². The summed E-state index contributed by atoms with van der Waals surface area (Å²) < 4.78 is 41.0. The van der Waals surface area contributed by atoms with Crippen LogP contribution in [-0.4, -0.2) is 63.2 Å². The Bertz CT molecular complexity index is 1600. The average Bonchev–Trinajstić information content (AvgIpc) is 3.46. The van der Waals surface area contributed by atoms with E-state index in [0.29, 0.717) is 33.8 Å². The van der Waals surface area contributed by atoms with E-state index >= 15 is 0 Å². The van der Waals surface area contributed by atoms with E-state index in [-0.39, 0.29) is 75.5 Å². The van der Waals surface area contributed by atoms with Gasteiger partial charge in [-0.25, -0.2) is 0 Å². The molecule has 0 atom stereocenters. The van der Waals surface area contributed by atoms with Gasteiger partial charge in [0.05, 0.1) is 60.4 Å². The molecule has 214 valence electrons. The summed E-state index contributed by atoms with van der Waals surface area (Å²) in [4.78, 5) is 27.0. The number of aliphatic carboxylic acids is 1. The molecule has 1 heterocycles. The minimum Gasteiger partial charge on any atom is -0.545 e. The van der Waals surface area contributed by atoms with Gasteiger partial charge in [0.25, 0.3) is 0 Å². The third kappa shape index (κ3) is 6.46. The number of fused-ring (bicyclic) bond motifs is 1. The molecule has 0 aliphatic heterocycles. The van der Waals surface area contributed by atoms with E-state index in [4.69, 9.17) is 28.4 Å². The molecule has 0 fully saturated rings. The maximum absolute atomic E-state index is 14.2. The first-order valence-corrected chi connectivity index (χ1v) is 12.8. The molecule has 3 aromatic carbocycles. The summed E-state index contributed by atoms with van der Waals surface area (Å²) in [5.74, 6) is -0.382. The number of carboxylic acids is 1. The Morgan fingerprint density at radius 2 is 1.19 bits per heavy atom. The first-order valence-electron chi connectivity index (χ1n) is 12.1. The Labute approximate surface area is 268 Å². The van der Waals surface area contributed by atoms with Crippen molar-refractivity contribution in [2.75, 3.05) is 42.7 Å². The van der Waals surface area contributed by atoms with Crippen molar-refractivity contribution in [1.29, 1.82) is 0 Å². The van der Waals surface area contributed by atoms with E-state index in [9.17, 15) is 14.7 Å². The number of rotatable bonds is 12. The van der Waals surface area contributed by atoms with Gasteiger partial charge in [0.1, 0.15) is 11.0 Å². The third-order valence-corrected chi connectivity index (χ3v) is 6.91. The summed E-state index contributed by atoms with van der Waals surface area (Å²) in [5.41, 5.74) is 1.55. The smallest absolute Gasteiger partial charge is 0.545 e. The summed E-state index contributed by atoms with van der Waals surface area (Å²) >= 11 is 0.994. The van der Waals surface area contributed by atoms with E-state index < -0.39 is 11.8 Å². The van der Waals surface area contributed by atoms with Crippen LogP contribution in [0.2, 0.25) is 0 Å². The topological polar surface area (TPSA) is 138 Å². The molecule has 0 N–H and O–H groups in total. The number of methoxy groups -OCH3 is 6. The van der Waals surface area contributed by atoms with Crippen LogP contribution in [0.15, 0.2) is 48.0 Å². The fraction of sp³-hybridized carbons (Fsp3) is 0.241. The number of nitrogens with zero attached hydrogens (tertiary/aromatic N) is 2. The number of ketones is 1. The normalized spacial score (nSPS) is 11.2. The number of hydrogen-bond donors (Lipinski definition) is 0. The molecule has 0 unspecified atom stereocenters. The van der Waals surface area contributed by atoms with E-state index in [1.54, 1.807) is 30.3 Å². The van der Waals surface area contributed by atoms with Gasteiger partial charge >= 0.3 is 29.6 Å². The van der Waals surface area contributed by atoms with Crippen LogP contribution >= 0.6 is 11.7 Å². The van der Waals surface area contributed by atoms with Crippen LogP contribution in [-0.2, 0) is 11.2 Å². The molecule has 0 aliphatic carbocycles. The third-order valence-electron chi connectivity index (χ3n) is 6.35. The van der Waals surface area contributed by atoms with E-state index in [1.807, 2.05) is 0 Å². The first kappa shape index (κ1) is 32.7. The van der Waals surface area contributed by atoms with Crippen molar-refractivity contribution in [3.63, 3.8) is 0 Å². The van der Waals surface area contributed by atoms with Crippen LogP contribution in [0.4, 0.5) is 0 Å². The molecule has 0 saturated carbocycles. The van der Waals surface area contributed by atoms with Crippen molar-refractivity contribution in [3.8, 4) is 34.5 Å². The van der Waals surface area contributed by atoms with Gasteiger partial charge < -0.3 is 38.3 Å². The van der Waals surface area contributed by atoms with Crippen LogP contribution in [0.3, 0.4) is 0 Å². The molecule has 0 spiro atoms. The number of carboxylic acid groups (broad SMARTS) is 1. The quantitative estimate of drug-likeness (QED) is 0.126. The van der Waals surface area contributed by atoms with Crippen LogP contribution in [0, 0.1) is 0 Å². The SMILES string of the molecule is COc1cc(C/C(C(=O)c2cc(OC)c(OC)c(OC)c2)=C(\C(=O)[O-])c2ccc3nsnc3c2)cc(OC)c1OC.[Na+]. The Morgan fingerprint density at radius 3 is 1.67 bits per heavy atom. The molecule has 4 rings (SSSR count). The predicted octanol–water partition coefficient (Wildman–Crippen LogP) is 0.376. The van der Waals surface area contributed by atoms with Crippen molar-refractivity contribution < 1.29 is 72.7 Å². The molecule has 42 heavy (non-hydrogen) atoms. The Hall–Kier alpha value is -3.84. The summed E-state index contributed by atoms with van der Waals surface area (Å²) in [6, 6.07) is 11.0. The van der Waals surface area contributed by atoms with Gasteiger partial charge in [0, 0.05) is 23.1 Å². The van der Waals surface area contributed by atoms with Crippen molar-refractivity contribution in [2.45, 2.75) is 6.42 Å². The molecule has 11 nitrogen and oxygen atoms in total. The molecule has 0 amide bonds. The standard InChI is InChI=1S/C29H28N2O9S.Na/c1-35-21-10-15(11-22(36-2)27(21)39-5)9-18(25(29(33)34)16-7-8-19-20(12-16)31-41-30-19)26(32)17-13-23(37-3)28(40-6)24(14-17)38-4;/h7-8,10-14H,9H2,1-6H3,(H,33,34);/q;+1/p-1/b25-18+;. The number of ether oxygens (including phenoxy) is 6. The Morgan fingerprint density at radius 1 is 0.690 bits per heavy atom. The second-order valence-corrected chi connectivity index (χ2v) is 9.09. The fourth-order valence-corrected chi connectivity index (χ4v) is 4.98. The predicted molar refractivity (Wildman–Crippen MR) is 150 cm³/mol. The minimum absolute atomic E-state index is 0. The molecular formula is C29H27N2NaO9S. The number of carbonyl (C=O) groups excluding carboxylic acids is 2.